The summed E-state index contributed by atoms with van der Waals surface area (Å²) in [5.41, 5.74) is 0.771. The van der Waals surface area contributed by atoms with Crippen LogP contribution in [0.5, 0.6) is 0 Å². The average molecular weight is 295 g/mol. The summed E-state index contributed by atoms with van der Waals surface area (Å²) < 4.78 is 26.9. The summed E-state index contributed by atoms with van der Waals surface area (Å²) in [6.07, 6.45) is 5.56. The van der Waals surface area contributed by atoms with Crippen LogP contribution < -0.4 is 5.32 Å². The molecule has 0 amide bonds. The van der Waals surface area contributed by atoms with Gasteiger partial charge in [-0.1, -0.05) is 18.9 Å². The highest BCUT2D eigenvalue weighted by atomic mass is 19.1. The molecule has 3 heteroatoms. The molecule has 2 atom stereocenters. The third kappa shape index (κ3) is 5.06. The summed E-state index contributed by atoms with van der Waals surface area (Å²) in [4.78, 5) is 0. The summed E-state index contributed by atoms with van der Waals surface area (Å²) in [5, 5.41) is 3.58. The van der Waals surface area contributed by atoms with E-state index in [-0.39, 0.29) is 5.54 Å². The van der Waals surface area contributed by atoms with Gasteiger partial charge in [0, 0.05) is 11.6 Å². The predicted molar refractivity (Wildman–Crippen MR) is 83.3 cm³/mol. The fourth-order valence-electron chi connectivity index (χ4n) is 3.23. The Bertz CT molecular complexity index is 465. The van der Waals surface area contributed by atoms with Crippen molar-refractivity contribution in [3.63, 3.8) is 0 Å². The average Bonchev–Trinajstić information content (AvgIpc) is 2.40. The standard InChI is InChI=1S/C18H27F2N/c1-18(2,3)21-12-15-7-5-4-6-13(15)10-14-8-9-16(19)11-17(14)20/h8-9,11,13,15,21H,4-7,10,12H2,1-3H3. The SMILES string of the molecule is CC(C)(C)NCC1CCCCC1Cc1ccc(F)cc1F. The molecule has 1 aromatic rings. The van der Waals surface area contributed by atoms with Crippen LogP contribution in [0.2, 0.25) is 0 Å². The van der Waals surface area contributed by atoms with E-state index in [0.29, 0.717) is 17.4 Å². The first kappa shape index (κ1) is 16.4. The number of rotatable bonds is 4. The second-order valence-corrected chi connectivity index (χ2v) is 7.38. The monoisotopic (exact) mass is 295 g/mol. The van der Waals surface area contributed by atoms with Gasteiger partial charge in [0.1, 0.15) is 11.6 Å². The van der Waals surface area contributed by atoms with E-state index >= 15 is 0 Å². The minimum absolute atomic E-state index is 0.114. The second-order valence-electron chi connectivity index (χ2n) is 7.38. The second kappa shape index (κ2) is 6.87. The summed E-state index contributed by atoms with van der Waals surface area (Å²) in [6, 6.07) is 3.97. The molecule has 1 N–H and O–H groups in total. The van der Waals surface area contributed by atoms with Gasteiger partial charge < -0.3 is 5.32 Å². The maximum absolute atomic E-state index is 13.9. The fraction of sp³-hybridized carbons (Fsp3) is 0.667. The number of hydrogen-bond acceptors (Lipinski definition) is 1. The van der Waals surface area contributed by atoms with Gasteiger partial charge in [-0.3, -0.25) is 0 Å². The molecule has 0 aliphatic heterocycles. The zero-order valence-corrected chi connectivity index (χ0v) is 13.4. The van der Waals surface area contributed by atoms with Gasteiger partial charge >= 0.3 is 0 Å². The minimum atomic E-state index is -0.495. The molecule has 2 unspecified atom stereocenters. The Morgan fingerprint density at radius 2 is 1.76 bits per heavy atom. The van der Waals surface area contributed by atoms with Crippen LogP contribution in [0.3, 0.4) is 0 Å². The molecule has 1 nitrogen and oxygen atoms in total. The fourth-order valence-corrected chi connectivity index (χ4v) is 3.23. The predicted octanol–water partition coefficient (Wildman–Crippen LogP) is 4.70. The molecule has 1 fully saturated rings. The molecular formula is C18H27F2N. The zero-order chi connectivity index (χ0) is 15.5. The van der Waals surface area contributed by atoms with Crippen LogP contribution in [-0.4, -0.2) is 12.1 Å². The largest absolute Gasteiger partial charge is 0.312 e. The summed E-state index contributed by atoms with van der Waals surface area (Å²) in [7, 11) is 0. The third-order valence-corrected chi connectivity index (χ3v) is 4.46. The lowest BCUT2D eigenvalue weighted by atomic mass is 9.76. The lowest BCUT2D eigenvalue weighted by molar-refractivity contribution is 0.212. The van der Waals surface area contributed by atoms with E-state index in [2.05, 4.69) is 26.1 Å². The van der Waals surface area contributed by atoms with E-state index in [0.717, 1.165) is 25.5 Å². The van der Waals surface area contributed by atoms with Crippen LogP contribution in [0.1, 0.15) is 52.0 Å². The quantitative estimate of drug-likeness (QED) is 0.849. The number of hydrogen-bond donors (Lipinski definition) is 1. The summed E-state index contributed by atoms with van der Waals surface area (Å²) in [6.45, 7) is 7.50. The Morgan fingerprint density at radius 1 is 1.10 bits per heavy atom. The maximum Gasteiger partial charge on any atom is 0.129 e. The zero-order valence-electron chi connectivity index (χ0n) is 13.4. The highest BCUT2D eigenvalue weighted by Crippen LogP contribution is 2.33. The van der Waals surface area contributed by atoms with Gasteiger partial charge in [0.05, 0.1) is 0 Å². The Labute approximate surface area is 127 Å². The van der Waals surface area contributed by atoms with Gasteiger partial charge in [-0.25, -0.2) is 8.78 Å². The molecule has 1 aromatic carbocycles. The Hall–Kier alpha value is -0.960. The van der Waals surface area contributed by atoms with Gasteiger partial charge in [0.25, 0.3) is 0 Å². The number of halogens is 2. The van der Waals surface area contributed by atoms with E-state index in [4.69, 9.17) is 0 Å². The molecule has 21 heavy (non-hydrogen) atoms. The van der Waals surface area contributed by atoms with E-state index in [1.807, 2.05) is 0 Å². The molecule has 0 bridgehead atoms. The van der Waals surface area contributed by atoms with E-state index in [1.165, 1.54) is 25.3 Å². The maximum atomic E-state index is 13.9. The van der Waals surface area contributed by atoms with Crippen LogP contribution in [0, 0.1) is 23.5 Å². The molecular weight excluding hydrogens is 268 g/mol. The van der Waals surface area contributed by atoms with Crippen LogP contribution in [-0.2, 0) is 6.42 Å². The third-order valence-electron chi connectivity index (χ3n) is 4.46. The van der Waals surface area contributed by atoms with E-state index in [1.54, 1.807) is 6.07 Å². The molecule has 1 aliphatic rings. The van der Waals surface area contributed by atoms with Gasteiger partial charge in [0.15, 0.2) is 0 Å². The van der Waals surface area contributed by atoms with Crippen LogP contribution in [0.25, 0.3) is 0 Å². The van der Waals surface area contributed by atoms with Gasteiger partial charge in [-0.2, -0.15) is 0 Å². The minimum Gasteiger partial charge on any atom is -0.312 e. The molecule has 118 valence electrons. The van der Waals surface area contributed by atoms with Gasteiger partial charge in [-0.05, 0) is 70.0 Å². The highest BCUT2D eigenvalue weighted by molar-refractivity contribution is 5.19. The Kier molecular flexibility index (Phi) is 5.37. The van der Waals surface area contributed by atoms with Crippen molar-refractivity contribution in [1.82, 2.24) is 5.32 Å². The molecule has 0 saturated heterocycles. The normalized spacial score (nSPS) is 23.3. The van der Waals surface area contributed by atoms with Gasteiger partial charge in [0.2, 0.25) is 0 Å². The number of benzene rings is 1. The molecule has 1 aliphatic carbocycles. The van der Waals surface area contributed by atoms with Crippen LogP contribution in [0.15, 0.2) is 18.2 Å². The topological polar surface area (TPSA) is 12.0 Å². The first-order chi connectivity index (χ1) is 9.85. The lowest BCUT2D eigenvalue weighted by Crippen LogP contribution is -2.41. The number of nitrogens with one attached hydrogen (secondary N) is 1. The first-order valence-corrected chi connectivity index (χ1v) is 8.04. The van der Waals surface area contributed by atoms with Crippen molar-refractivity contribution in [2.75, 3.05) is 6.54 Å². The lowest BCUT2D eigenvalue weighted by Gasteiger charge is -2.34. The van der Waals surface area contributed by atoms with Crippen molar-refractivity contribution in [2.24, 2.45) is 11.8 Å². The highest BCUT2D eigenvalue weighted by Gasteiger charge is 2.27. The van der Waals surface area contributed by atoms with Crippen molar-refractivity contribution in [3.05, 3.63) is 35.4 Å². The molecule has 0 radical (unpaired) electrons. The Morgan fingerprint density at radius 3 is 2.38 bits per heavy atom. The van der Waals surface area contributed by atoms with E-state index < -0.39 is 11.6 Å². The molecule has 1 saturated carbocycles. The van der Waals surface area contributed by atoms with Gasteiger partial charge in [-0.15, -0.1) is 0 Å². The van der Waals surface area contributed by atoms with Crippen molar-refractivity contribution >= 4 is 0 Å². The van der Waals surface area contributed by atoms with Crippen molar-refractivity contribution < 1.29 is 8.78 Å². The van der Waals surface area contributed by atoms with Crippen molar-refractivity contribution in [3.8, 4) is 0 Å². The smallest absolute Gasteiger partial charge is 0.129 e. The van der Waals surface area contributed by atoms with E-state index in [9.17, 15) is 8.78 Å². The van der Waals surface area contributed by atoms with Crippen LogP contribution in [0.4, 0.5) is 8.78 Å². The Balaban J connectivity index is 2.01. The molecule has 0 heterocycles. The van der Waals surface area contributed by atoms with Crippen molar-refractivity contribution in [1.29, 1.82) is 0 Å². The first-order valence-electron chi connectivity index (χ1n) is 8.04. The molecule has 0 aromatic heterocycles. The molecule has 0 spiro atoms. The summed E-state index contributed by atoms with van der Waals surface area (Å²) in [5.74, 6) is 0.185. The summed E-state index contributed by atoms with van der Waals surface area (Å²) >= 11 is 0. The van der Waals surface area contributed by atoms with Crippen molar-refractivity contribution in [2.45, 2.75) is 58.4 Å². The molecule has 2 rings (SSSR count). The van der Waals surface area contributed by atoms with Crippen LogP contribution >= 0.6 is 0 Å².